The van der Waals surface area contributed by atoms with Gasteiger partial charge in [0.2, 0.25) is 0 Å². The summed E-state index contributed by atoms with van der Waals surface area (Å²) in [6.07, 6.45) is 0. The van der Waals surface area contributed by atoms with Gasteiger partial charge >= 0.3 is 0 Å². The minimum Gasteiger partial charge on any atom is -0.451 e. The Hall–Kier alpha value is -2.90. The molecule has 0 aliphatic carbocycles. The van der Waals surface area contributed by atoms with Gasteiger partial charge in [0.05, 0.1) is 10.6 Å². The van der Waals surface area contributed by atoms with E-state index in [1.165, 1.54) is 0 Å². The Bertz CT molecular complexity index is 1250. The molecule has 1 aromatic heterocycles. The molecule has 1 amide bonds. The van der Waals surface area contributed by atoms with E-state index in [0.29, 0.717) is 10.5 Å². The molecule has 0 aliphatic heterocycles. The number of nitrogens with one attached hydrogen (secondary N) is 1. The molecule has 4 aromatic rings. The molecule has 0 radical (unpaired) electrons. The zero-order chi connectivity index (χ0) is 21.3. The average Bonchev–Trinajstić information content (AvgIpc) is 3.16. The number of amides is 1. The number of hydrogen-bond acceptors (Lipinski definition) is 4. The summed E-state index contributed by atoms with van der Waals surface area (Å²) in [5.74, 6) is -0.423. The van der Waals surface area contributed by atoms with Crippen molar-refractivity contribution in [2.75, 3.05) is 19.0 Å². The molecule has 0 aliphatic rings. The number of halogens is 1. The molecular weight excluding hydrogens is 464 g/mol. The fraction of sp³-hybridized carbons (Fsp3) is 0.0870. The van der Waals surface area contributed by atoms with Gasteiger partial charge in [-0.2, -0.15) is 0 Å². The molecule has 4 rings (SSSR count). The molecule has 3 aromatic carbocycles. The summed E-state index contributed by atoms with van der Waals surface area (Å²) < 4.78 is 22.1. The summed E-state index contributed by atoms with van der Waals surface area (Å²) in [5.41, 5.74) is 3.26. The Labute approximate surface area is 185 Å². The van der Waals surface area contributed by atoms with E-state index >= 15 is 0 Å². The standard InChI is InChI=1S/C23H19BrN2O3S/c1-26(2)19-14-20-16(12-18(19)24)13-21(29-20)23(27)25-30(28)22-11-7-6-10-17(22)15-8-4-3-5-9-15/h3-14H,1-2H3,(H,25,27). The number of hydrogen-bond donors (Lipinski definition) is 1. The van der Waals surface area contributed by atoms with E-state index in [-0.39, 0.29) is 5.76 Å². The molecule has 1 heterocycles. The minimum atomic E-state index is -1.74. The second-order valence-electron chi connectivity index (χ2n) is 6.91. The number of rotatable bonds is 5. The van der Waals surface area contributed by atoms with Gasteiger partial charge in [0, 0.05) is 30.0 Å². The van der Waals surface area contributed by atoms with E-state index in [1.807, 2.05) is 73.6 Å². The summed E-state index contributed by atoms with van der Waals surface area (Å²) in [5, 5.41) is 0.785. The van der Waals surface area contributed by atoms with Crippen LogP contribution >= 0.6 is 15.9 Å². The van der Waals surface area contributed by atoms with E-state index in [0.717, 1.165) is 26.7 Å². The van der Waals surface area contributed by atoms with E-state index < -0.39 is 16.9 Å². The Morgan fingerprint density at radius 1 is 1.00 bits per heavy atom. The molecule has 152 valence electrons. The van der Waals surface area contributed by atoms with E-state index in [1.54, 1.807) is 18.2 Å². The van der Waals surface area contributed by atoms with E-state index in [2.05, 4.69) is 20.7 Å². The number of fused-ring (bicyclic) bond motifs is 1. The first-order valence-corrected chi connectivity index (χ1v) is 11.2. The number of anilines is 1. The zero-order valence-corrected chi connectivity index (χ0v) is 18.8. The van der Waals surface area contributed by atoms with Crippen LogP contribution in [0.3, 0.4) is 0 Å². The van der Waals surface area contributed by atoms with Gasteiger partial charge in [-0.15, -0.1) is 0 Å². The van der Waals surface area contributed by atoms with Crippen molar-refractivity contribution in [1.29, 1.82) is 0 Å². The van der Waals surface area contributed by atoms with Crippen molar-refractivity contribution in [2.45, 2.75) is 4.90 Å². The van der Waals surface area contributed by atoms with Crippen LogP contribution in [0, 0.1) is 0 Å². The number of carbonyl (C=O) groups excluding carboxylic acids is 1. The monoisotopic (exact) mass is 482 g/mol. The summed E-state index contributed by atoms with van der Waals surface area (Å²) in [7, 11) is 2.11. The van der Waals surface area contributed by atoms with Crippen LogP contribution in [0.1, 0.15) is 10.6 Å². The first-order chi connectivity index (χ1) is 14.4. The van der Waals surface area contributed by atoms with Gasteiger partial charge in [0.25, 0.3) is 5.91 Å². The summed E-state index contributed by atoms with van der Waals surface area (Å²) in [6, 6.07) is 22.4. The van der Waals surface area contributed by atoms with Crippen molar-refractivity contribution in [3.05, 3.63) is 83.0 Å². The highest BCUT2D eigenvalue weighted by atomic mass is 79.9. The van der Waals surface area contributed by atoms with Crippen LogP contribution in [0.2, 0.25) is 0 Å². The lowest BCUT2D eigenvalue weighted by Gasteiger charge is -2.13. The smallest absolute Gasteiger partial charge is 0.298 e. The SMILES string of the molecule is CN(C)c1cc2oc(C(=O)NS(=O)c3ccccc3-c3ccccc3)cc2cc1Br. The van der Waals surface area contributed by atoms with E-state index in [9.17, 15) is 9.00 Å². The van der Waals surface area contributed by atoms with Crippen LogP contribution in [0.25, 0.3) is 22.1 Å². The Morgan fingerprint density at radius 3 is 2.43 bits per heavy atom. The van der Waals surface area contributed by atoms with Crippen LogP contribution in [0.4, 0.5) is 5.69 Å². The molecular formula is C23H19BrN2O3S. The third-order valence-corrected chi connectivity index (χ3v) is 6.41. The lowest BCUT2D eigenvalue weighted by atomic mass is 10.1. The normalized spacial score (nSPS) is 12.0. The van der Waals surface area contributed by atoms with Crippen molar-refractivity contribution in [2.24, 2.45) is 0 Å². The second-order valence-corrected chi connectivity index (χ2v) is 8.94. The fourth-order valence-corrected chi connectivity index (χ4v) is 4.86. The van der Waals surface area contributed by atoms with Gasteiger partial charge in [0.1, 0.15) is 5.58 Å². The maximum absolute atomic E-state index is 13.0. The first-order valence-electron chi connectivity index (χ1n) is 9.21. The Balaban J connectivity index is 1.61. The van der Waals surface area contributed by atoms with Crippen LogP contribution in [0.15, 0.2) is 86.6 Å². The predicted octanol–water partition coefficient (Wildman–Crippen LogP) is 5.38. The van der Waals surface area contributed by atoms with Crippen LogP contribution in [-0.4, -0.2) is 24.2 Å². The van der Waals surface area contributed by atoms with Crippen molar-refractivity contribution < 1.29 is 13.4 Å². The van der Waals surface area contributed by atoms with Gasteiger partial charge in [-0.05, 0) is 45.3 Å². The Morgan fingerprint density at radius 2 is 1.70 bits per heavy atom. The van der Waals surface area contributed by atoms with Gasteiger partial charge in [-0.25, -0.2) is 4.21 Å². The number of nitrogens with zero attached hydrogens (tertiary/aromatic N) is 1. The third-order valence-electron chi connectivity index (χ3n) is 4.65. The van der Waals surface area contributed by atoms with Gasteiger partial charge in [0.15, 0.2) is 16.7 Å². The van der Waals surface area contributed by atoms with Crippen molar-refractivity contribution in [1.82, 2.24) is 4.72 Å². The number of carbonyl (C=O) groups is 1. The quantitative estimate of drug-likeness (QED) is 0.414. The molecule has 0 saturated heterocycles. The highest BCUT2D eigenvalue weighted by Gasteiger charge is 2.19. The lowest BCUT2D eigenvalue weighted by Crippen LogP contribution is -2.25. The molecule has 7 heteroatoms. The number of furan rings is 1. The highest BCUT2D eigenvalue weighted by molar-refractivity contribution is 9.10. The largest absolute Gasteiger partial charge is 0.451 e. The minimum absolute atomic E-state index is 0.110. The molecule has 30 heavy (non-hydrogen) atoms. The zero-order valence-electron chi connectivity index (χ0n) is 16.4. The second kappa shape index (κ2) is 8.45. The predicted molar refractivity (Wildman–Crippen MR) is 124 cm³/mol. The molecule has 0 bridgehead atoms. The van der Waals surface area contributed by atoms with Crippen LogP contribution in [-0.2, 0) is 11.0 Å². The van der Waals surface area contributed by atoms with Gasteiger partial charge in [-0.1, -0.05) is 48.5 Å². The maximum atomic E-state index is 13.0. The summed E-state index contributed by atoms with van der Waals surface area (Å²) >= 11 is 3.53. The van der Waals surface area contributed by atoms with Crippen molar-refractivity contribution >= 4 is 49.5 Å². The molecule has 0 spiro atoms. The number of benzene rings is 3. The third kappa shape index (κ3) is 4.04. The fourth-order valence-electron chi connectivity index (χ4n) is 3.18. The molecule has 0 saturated carbocycles. The molecule has 5 nitrogen and oxygen atoms in total. The van der Waals surface area contributed by atoms with Crippen LogP contribution in [0.5, 0.6) is 0 Å². The first kappa shape index (κ1) is 20.4. The summed E-state index contributed by atoms with van der Waals surface area (Å²) in [6.45, 7) is 0. The van der Waals surface area contributed by atoms with Crippen molar-refractivity contribution in [3.8, 4) is 11.1 Å². The molecule has 1 unspecified atom stereocenters. The maximum Gasteiger partial charge on any atom is 0.298 e. The summed E-state index contributed by atoms with van der Waals surface area (Å²) in [4.78, 5) is 15.2. The topological polar surface area (TPSA) is 62.6 Å². The lowest BCUT2D eigenvalue weighted by molar-refractivity contribution is 0.0958. The van der Waals surface area contributed by atoms with Gasteiger partial charge in [-0.3, -0.25) is 9.52 Å². The van der Waals surface area contributed by atoms with Gasteiger partial charge < -0.3 is 9.32 Å². The molecule has 1 N–H and O–H groups in total. The molecule has 0 fully saturated rings. The van der Waals surface area contributed by atoms with Crippen molar-refractivity contribution in [3.63, 3.8) is 0 Å². The average molecular weight is 483 g/mol. The van der Waals surface area contributed by atoms with Crippen LogP contribution < -0.4 is 9.62 Å². The molecule has 1 atom stereocenters. The highest BCUT2D eigenvalue weighted by Crippen LogP contribution is 2.32. The Kier molecular flexibility index (Phi) is 5.74. The van der Waals surface area contributed by atoms with E-state index in [4.69, 9.17) is 4.42 Å².